The maximum atomic E-state index is 11.9. The van der Waals surface area contributed by atoms with Gasteiger partial charge in [-0.1, -0.05) is 40.4 Å². The molecular formula is C15H14BrClN2O. The van der Waals surface area contributed by atoms with Gasteiger partial charge < -0.3 is 4.98 Å². The maximum absolute atomic E-state index is 11.9. The van der Waals surface area contributed by atoms with Crippen LogP contribution in [0.4, 0.5) is 0 Å². The molecule has 104 valence electrons. The molecule has 5 heteroatoms. The first-order chi connectivity index (χ1) is 9.63. The average Bonchev–Trinajstić information content (AvgIpc) is 2.91. The number of hydrogen-bond donors (Lipinski definition) is 1. The molecule has 0 unspecified atom stereocenters. The molecule has 1 aromatic carbocycles. The highest BCUT2D eigenvalue weighted by molar-refractivity contribution is 9.10. The molecule has 0 spiro atoms. The van der Waals surface area contributed by atoms with E-state index in [4.69, 9.17) is 11.6 Å². The minimum absolute atomic E-state index is 0.115. The minimum atomic E-state index is -0.115. The Morgan fingerprint density at radius 1 is 1.25 bits per heavy atom. The van der Waals surface area contributed by atoms with Crippen LogP contribution in [0, 0.1) is 0 Å². The molecule has 3 rings (SSSR count). The molecule has 20 heavy (non-hydrogen) atoms. The topological polar surface area (TPSA) is 45.8 Å². The Hall–Kier alpha value is -1.13. The van der Waals surface area contributed by atoms with Gasteiger partial charge in [0.1, 0.15) is 5.82 Å². The molecule has 0 bridgehead atoms. The lowest BCUT2D eigenvalue weighted by molar-refractivity contribution is 0.693. The Bertz CT molecular complexity index is 693. The van der Waals surface area contributed by atoms with E-state index in [9.17, 15) is 4.79 Å². The summed E-state index contributed by atoms with van der Waals surface area (Å²) in [7, 11) is 0. The van der Waals surface area contributed by atoms with Crippen molar-refractivity contribution in [2.45, 2.75) is 31.6 Å². The van der Waals surface area contributed by atoms with Gasteiger partial charge in [-0.05, 0) is 31.0 Å². The third-order valence-electron chi connectivity index (χ3n) is 3.72. The number of rotatable bonds is 2. The van der Waals surface area contributed by atoms with Crippen molar-refractivity contribution in [3.63, 3.8) is 0 Å². The number of hydrogen-bond acceptors (Lipinski definition) is 2. The molecule has 0 amide bonds. The van der Waals surface area contributed by atoms with Gasteiger partial charge in [-0.25, -0.2) is 4.98 Å². The second kappa shape index (κ2) is 5.70. The van der Waals surface area contributed by atoms with Crippen molar-refractivity contribution < 1.29 is 0 Å². The van der Waals surface area contributed by atoms with Crippen molar-refractivity contribution in [3.8, 4) is 11.4 Å². The standard InChI is InChI=1S/C15H14BrClN2O/c16-10-5-6-11(12(17)7-10)15-18-13(8-14(20)19-15)9-3-1-2-4-9/h5-9H,1-4H2,(H,18,19,20). The van der Waals surface area contributed by atoms with Crippen LogP contribution >= 0.6 is 27.5 Å². The molecule has 1 N–H and O–H groups in total. The van der Waals surface area contributed by atoms with Crippen LogP contribution in [-0.4, -0.2) is 9.97 Å². The maximum Gasteiger partial charge on any atom is 0.251 e. The van der Waals surface area contributed by atoms with Crippen molar-refractivity contribution in [2.75, 3.05) is 0 Å². The third-order valence-corrected chi connectivity index (χ3v) is 4.53. The Morgan fingerprint density at radius 3 is 2.70 bits per heavy atom. The number of nitrogens with zero attached hydrogens (tertiary/aromatic N) is 1. The van der Waals surface area contributed by atoms with Crippen molar-refractivity contribution in [3.05, 3.63) is 49.8 Å². The van der Waals surface area contributed by atoms with Crippen molar-refractivity contribution >= 4 is 27.5 Å². The van der Waals surface area contributed by atoms with Gasteiger partial charge in [0.2, 0.25) is 0 Å². The molecule has 3 nitrogen and oxygen atoms in total. The Balaban J connectivity index is 2.07. The largest absolute Gasteiger partial charge is 0.306 e. The highest BCUT2D eigenvalue weighted by Crippen LogP contribution is 2.34. The lowest BCUT2D eigenvalue weighted by Crippen LogP contribution is -2.12. The van der Waals surface area contributed by atoms with Gasteiger partial charge in [0.05, 0.1) is 10.7 Å². The highest BCUT2D eigenvalue weighted by Gasteiger charge is 2.20. The van der Waals surface area contributed by atoms with Crippen LogP contribution < -0.4 is 5.56 Å². The first-order valence-corrected chi connectivity index (χ1v) is 7.87. The van der Waals surface area contributed by atoms with Crippen LogP contribution in [0.15, 0.2) is 33.5 Å². The van der Waals surface area contributed by atoms with E-state index in [2.05, 4.69) is 25.9 Å². The fourth-order valence-electron chi connectivity index (χ4n) is 2.72. The summed E-state index contributed by atoms with van der Waals surface area (Å²) in [6.07, 6.45) is 4.66. The molecule has 0 saturated heterocycles. The molecule has 1 aromatic heterocycles. The fraction of sp³-hybridized carbons (Fsp3) is 0.333. The number of nitrogens with one attached hydrogen (secondary N) is 1. The predicted octanol–water partition coefficient (Wildman–Crippen LogP) is 4.51. The first kappa shape index (κ1) is 13.8. The van der Waals surface area contributed by atoms with Gasteiger partial charge >= 0.3 is 0 Å². The molecule has 0 atom stereocenters. The quantitative estimate of drug-likeness (QED) is 0.863. The molecule has 1 aliphatic rings. The lowest BCUT2D eigenvalue weighted by Gasteiger charge is -2.10. The van der Waals surface area contributed by atoms with E-state index < -0.39 is 0 Å². The lowest BCUT2D eigenvalue weighted by atomic mass is 10.0. The molecule has 2 aromatic rings. The Morgan fingerprint density at radius 2 is 2.00 bits per heavy atom. The van der Waals surface area contributed by atoms with Crippen LogP contribution in [0.5, 0.6) is 0 Å². The summed E-state index contributed by atoms with van der Waals surface area (Å²) in [5.74, 6) is 0.960. The van der Waals surface area contributed by atoms with E-state index in [0.29, 0.717) is 16.8 Å². The summed E-state index contributed by atoms with van der Waals surface area (Å²) in [4.78, 5) is 19.3. The van der Waals surface area contributed by atoms with E-state index in [1.165, 1.54) is 12.8 Å². The number of aromatic amines is 1. The summed E-state index contributed by atoms with van der Waals surface area (Å²) >= 11 is 9.61. The number of H-pyrrole nitrogens is 1. The smallest absolute Gasteiger partial charge is 0.251 e. The second-order valence-electron chi connectivity index (χ2n) is 5.12. The molecule has 1 aliphatic carbocycles. The van der Waals surface area contributed by atoms with Crippen molar-refractivity contribution in [2.24, 2.45) is 0 Å². The van der Waals surface area contributed by atoms with E-state index in [1.807, 2.05) is 12.1 Å². The summed E-state index contributed by atoms with van der Waals surface area (Å²) in [5.41, 5.74) is 1.53. The van der Waals surface area contributed by atoms with Crippen LogP contribution in [0.25, 0.3) is 11.4 Å². The SMILES string of the molecule is O=c1cc(C2CCCC2)nc(-c2ccc(Br)cc2Cl)[nH]1. The molecule has 1 saturated carbocycles. The molecule has 1 heterocycles. The van der Waals surface area contributed by atoms with Crippen LogP contribution in [-0.2, 0) is 0 Å². The zero-order valence-electron chi connectivity index (χ0n) is 10.8. The highest BCUT2D eigenvalue weighted by atomic mass is 79.9. The Labute approximate surface area is 130 Å². The second-order valence-corrected chi connectivity index (χ2v) is 6.45. The zero-order chi connectivity index (χ0) is 14.1. The van der Waals surface area contributed by atoms with Crippen LogP contribution in [0.1, 0.15) is 37.3 Å². The molecule has 0 aliphatic heterocycles. The molecular weight excluding hydrogens is 340 g/mol. The van der Waals surface area contributed by atoms with Gasteiger partial charge in [-0.2, -0.15) is 0 Å². The first-order valence-electron chi connectivity index (χ1n) is 6.70. The van der Waals surface area contributed by atoms with Crippen molar-refractivity contribution in [1.29, 1.82) is 0 Å². The van der Waals surface area contributed by atoms with E-state index in [-0.39, 0.29) is 5.56 Å². The third kappa shape index (κ3) is 2.81. The van der Waals surface area contributed by atoms with Gasteiger partial charge in [0, 0.05) is 22.0 Å². The number of halogens is 2. The van der Waals surface area contributed by atoms with E-state index in [1.54, 1.807) is 12.1 Å². The fourth-order valence-corrected chi connectivity index (χ4v) is 3.48. The zero-order valence-corrected chi connectivity index (χ0v) is 13.2. The van der Waals surface area contributed by atoms with Crippen LogP contribution in [0.3, 0.4) is 0 Å². The predicted molar refractivity (Wildman–Crippen MR) is 84.2 cm³/mol. The van der Waals surface area contributed by atoms with Gasteiger partial charge in [0.15, 0.2) is 0 Å². The van der Waals surface area contributed by atoms with Gasteiger partial charge in [-0.3, -0.25) is 4.79 Å². The number of benzene rings is 1. The van der Waals surface area contributed by atoms with E-state index >= 15 is 0 Å². The summed E-state index contributed by atoms with van der Waals surface area (Å²) in [5, 5.41) is 0.575. The van der Waals surface area contributed by atoms with Crippen LogP contribution in [0.2, 0.25) is 5.02 Å². The molecule has 0 radical (unpaired) electrons. The summed E-state index contributed by atoms with van der Waals surface area (Å²) in [6, 6.07) is 7.18. The van der Waals surface area contributed by atoms with Gasteiger partial charge in [0.25, 0.3) is 5.56 Å². The molecule has 1 fully saturated rings. The average molecular weight is 354 g/mol. The van der Waals surface area contributed by atoms with Crippen molar-refractivity contribution in [1.82, 2.24) is 9.97 Å². The normalized spacial score (nSPS) is 15.7. The summed E-state index contributed by atoms with van der Waals surface area (Å²) < 4.78 is 0.903. The monoisotopic (exact) mass is 352 g/mol. The minimum Gasteiger partial charge on any atom is -0.306 e. The Kier molecular flexibility index (Phi) is 3.94. The van der Waals surface area contributed by atoms with Gasteiger partial charge in [-0.15, -0.1) is 0 Å². The number of aromatic nitrogens is 2. The summed E-state index contributed by atoms with van der Waals surface area (Å²) in [6.45, 7) is 0. The van der Waals surface area contributed by atoms with E-state index in [0.717, 1.165) is 28.6 Å².